The summed E-state index contributed by atoms with van der Waals surface area (Å²) < 4.78 is 1.78. The van der Waals surface area contributed by atoms with Crippen molar-refractivity contribution in [1.82, 2.24) is 14.7 Å². The second-order valence-electron chi connectivity index (χ2n) is 8.70. The Kier molecular flexibility index (Phi) is 13.3. The molecule has 2 rings (SSSR count). The molecule has 1 aromatic carbocycles. The van der Waals surface area contributed by atoms with E-state index >= 15 is 0 Å². The summed E-state index contributed by atoms with van der Waals surface area (Å²) in [6.07, 6.45) is 16.8. The zero-order chi connectivity index (χ0) is 26.9. The van der Waals surface area contributed by atoms with Crippen LogP contribution in [0.5, 0.6) is 0 Å². The van der Waals surface area contributed by atoms with Crippen molar-refractivity contribution in [3.8, 4) is 0 Å². The number of aliphatic carboxylic acids is 1. The maximum Gasteiger partial charge on any atom is 0.306 e. The second kappa shape index (κ2) is 16.8. The Morgan fingerprint density at radius 2 is 2.05 bits per heavy atom. The van der Waals surface area contributed by atoms with Gasteiger partial charge in [-0.25, -0.2) is 9.67 Å². The van der Waals surface area contributed by atoms with Crippen molar-refractivity contribution in [1.29, 1.82) is 0 Å². The van der Waals surface area contributed by atoms with Crippen LogP contribution in [0, 0.1) is 12.8 Å². The maximum atomic E-state index is 11.0. The lowest BCUT2D eigenvalue weighted by atomic mass is 10.1. The lowest BCUT2D eigenvalue weighted by molar-refractivity contribution is -0.141. The SMILES string of the molecule is C=C\C(=C/C=C/C=N/Cn1nc(C)cc1/N=C\C/C=C/c1ccccc1)CN(CC)CCC(C)C(=O)O. The number of carboxylic acid groups (broad SMARTS) is 1. The summed E-state index contributed by atoms with van der Waals surface area (Å²) in [5, 5.41) is 13.6. The van der Waals surface area contributed by atoms with Gasteiger partial charge in [-0.3, -0.25) is 14.7 Å². The largest absolute Gasteiger partial charge is 0.481 e. The molecule has 7 heteroatoms. The van der Waals surface area contributed by atoms with Crippen molar-refractivity contribution in [2.75, 3.05) is 19.6 Å². The molecule has 0 aliphatic heterocycles. The molecular weight excluding hydrogens is 462 g/mol. The fourth-order valence-corrected chi connectivity index (χ4v) is 3.42. The van der Waals surface area contributed by atoms with E-state index in [0.717, 1.165) is 43.1 Å². The highest BCUT2D eigenvalue weighted by Gasteiger charge is 2.12. The third-order valence-electron chi connectivity index (χ3n) is 5.70. The number of rotatable bonds is 16. The molecule has 0 aliphatic rings. The first-order valence-corrected chi connectivity index (χ1v) is 12.6. The minimum atomic E-state index is -0.752. The number of aliphatic imine (C=N–C) groups is 2. The van der Waals surface area contributed by atoms with Crippen molar-refractivity contribution in [2.24, 2.45) is 15.9 Å². The van der Waals surface area contributed by atoms with Crippen LogP contribution in [0.25, 0.3) is 6.08 Å². The van der Waals surface area contributed by atoms with Crippen LogP contribution < -0.4 is 0 Å². The molecule has 196 valence electrons. The lowest BCUT2D eigenvalue weighted by Gasteiger charge is -2.21. The Morgan fingerprint density at radius 1 is 1.27 bits per heavy atom. The van der Waals surface area contributed by atoms with E-state index in [4.69, 9.17) is 5.11 Å². The first kappa shape index (κ1) is 29.4. The topological polar surface area (TPSA) is 83.1 Å². The molecule has 1 heterocycles. The van der Waals surface area contributed by atoms with E-state index in [2.05, 4.69) is 57.8 Å². The van der Waals surface area contributed by atoms with Gasteiger partial charge in [0, 0.05) is 31.5 Å². The highest BCUT2D eigenvalue weighted by molar-refractivity contribution is 5.71. The quantitative estimate of drug-likeness (QED) is 0.222. The minimum absolute atomic E-state index is 0.345. The van der Waals surface area contributed by atoms with Crippen molar-refractivity contribution >= 4 is 30.3 Å². The van der Waals surface area contributed by atoms with Crippen LogP contribution in [0.15, 0.2) is 88.9 Å². The van der Waals surface area contributed by atoms with Crippen LogP contribution in [0.4, 0.5) is 5.82 Å². The van der Waals surface area contributed by atoms with Gasteiger partial charge in [-0.15, -0.1) is 0 Å². The Hall–Kier alpha value is -3.84. The summed E-state index contributed by atoms with van der Waals surface area (Å²) in [5.74, 6) is -0.321. The summed E-state index contributed by atoms with van der Waals surface area (Å²) in [7, 11) is 0. The van der Waals surface area contributed by atoms with Gasteiger partial charge in [0.2, 0.25) is 0 Å². The van der Waals surface area contributed by atoms with Gasteiger partial charge in [-0.1, -0.05) is 81.1 Å². The van der Waals surface area contributed by atoms with Crippen molar-refractivity contribution < 1.29 is 9.90 Å². The zero-order valence-corrected chi connectivity index (χ0v) is 22.2. The summed E-state index contributed by atoms with van der Waals surface area (Å²) in [6, 6.07) is 12.1. The van der Waals surface area contributed by atoms with E-state index in [-0.39, 0.29) is 5.92 Å². The van der Waals surface area contributed by atoms with Crippen LogP contribution in [0.3, 0.4) is 0 Å². The minimum Gasteiger partial charge on any atom is -0.481 e. The van der Waals surface area contributed by atoms with Crippen molar-refractivity contribution in [3.63, 3.8) is 0 Å². The predicted molar refractivity (Wildman–Crippen MR) is 155 cm³/mol. The fourth-order valence-electron chi connectivity index (χ4n) is 3.42. The molecule has 0 amide bonds. The number of hydrogen-bond acceptors (Lipinski definition) is 5. The van der Waals surface area contributed by atoms with E-state index in [0.29, 0.717) is 13.1 Å². The Morgan fingerprint density at radius 3 is 2.76 bits per heavy atom. The Bertz CT molecular complexity index is 1130. The molecule has 1 atom stereocenters. The van der Waals surface area contributed by atoms with E-state index in [1.165, 1.54) is 5.56 Å². The number of carboxylic acids is 1. The predicted octanol–water partition coefficient (Wildman–Crippen LogP) is 6.13. The molecule has 0 fully saturated rings. The van der Waals surface area contributed by atoms with E-state index < -0.39 is 5.97 Å². The second-order valence-corrected chi connectivity index (χ2v) is 8.70. The van der Waals surface area contributed by atoms with Crippen molar-refractivity contribution in [3.05, 3.63) is 90.2 Å². The molecule has 1 aromatic heterocycles. The third-order valence-corrected chi connectivity index (χ3v) is 5.70. The lowest BCUT2D eigenvalue weighted by Crippen LogP contribution is -2.28. The fraction of sp³-hybridized carbons (Fsp3) is 0.333. The van der Waals surface area contributed by atoms with Gasteiger partial charge in [-0.2, -0.15) is 5.10 Å². The highest BCUT2D eigenvalue weighted by Crippen LogP contribution is 2.14. The van der Waals surface area contributed by atoms with E-state index in [9.17, 15) is 4.79 Å². The van der Waals surface area contributed by atoms with Crippen LogP contribution >= 0.6 is 0 Å². The molecule has 0 radical (unpaired) electrons. The number of benzene rings is 1. The summed E-state index contributed by atoms with van der Waals surface area (Å²) in [6.45, 7) is 12.4. The third kappa shape index (κ3) is 11.6. The van der Waals surface area contributed by atoms with E-state index in [1.54, 1.807) is 17.8 Å². The molecule has 0 spiro atoms. The first-order chi connectivity index (χ1) is 17.9. The van der Waals surface area contributed by atoms with Crippen LogP contribution in [-0.4, -0.2) is 57.8 Å². The number of allylic oxidation sites excluding steroid dienone is 4. The monoisotopic (exact) mass is 501 g/mol. The molecule has 1 unspecified atom stereocenters. The molecule has 0 saturated carbocycles. The number of carbonyl (C=O) groups is 1. The van der Waals surface area contributed by atoms with E-state index in [1.807, 2.05) is 61.7 Å². The molecule has 7 nitrogen and oxygen atoms in total. The van der Waals surface area contributed by atoms with Gasteiger partial charge in [0.1, 0.15) is 6.67 Å². The zero-order valence-electron chi connectivity index (χ0n) is 22.2. The number of aromatic nitrogens is 2. The van der Waals surface area contributed by atoms with Gasteiger partial charge in [0.25, 0.3) is 0 Å². The molecule has 1 N–H and O–H groups in total. The maximum absolute atomic E-state index is 11.0. The molecule has 0 saturated heterocycles. The first-order valence-electron chi connectivity index (χ1n) is 12.6. The van der Waals surface area contributed by atoms with Crippen LogP contribution in [-0.2, 0) is 11.5 Å². The highest BCUT2D eigenvalue weighted by atomic mass is 16.4. The van der Waals surface area contributed by atoms with Crippen molar-refractivity contribution in [2.45, 2.75) is 40.3 Å². The molecular formula is C30H39N5O2. The number of nitrogens with zero attached hydrogens (tertiary/aromatic N) is 5. The normalized spacial score (nSPS) is 13.6. The summed E-state index contributed by atoms with van der Waals surface area (Å²) in [4.78, 5) is 22.3. The molecule has 2 aromatic rings. The number of likely N-dealkylation sites (N-methyl/N-ethyl adjacent to an activating group) is 1. The van der Waals surface area contributed by atoms with Gasteiger partial charge >= 0.3 is 5.97 Å². The Labute approximate surface area is 221 Å². The molecule has 0 bridgehead atoms. The molecule has 0 aliphatic carbocycles. The van der Waals surface area contributed by atoms with Gasteiger partial charge in [0.05, 0.1) is 11.6 Å². The smallest absolute Gasteiger partial charge is 0.306 e. The Balaban J connectivity index is 1.85. The van der Waals surface area contributed by atoms with Crippen LogP contribution in [0.1, 0.15) is 37.9 Å². The average Bonchev–Trinajstić information content (AvgIpc) is 3.26. The van der Waals surface area contributed by atoms with Crippen LogP contribution in [0.2, 0.25) is 0 Å². The number of aryl methyl sites for hydroxylation is 1. The summed E-state index contributed by atoms with van der Waals surface area (Å²) in [5.41, 5.74) is 3.13. The van der Waals surface area contributed by atoms with Gasteiger partial charge < -0.3 is 5.11 Å². The van der Waals surface area contributed by atoms with Gasteiger partial charge in [-0.05, 0) is 43.6 Å². The standard InChI is InChI=1S/C30H39N5O2/c1-5-27(23-34(6-2)21-18-25(3)30(36)37)14-10-12-19-31-24-35-29(22-26(4)33-35)32-20-13-11-17-28-15-8-7-9-16-28/h5,7-12,14-17,19-20,22,25H,1,6,13,18,21,23-24H2,2-4H3,(H,36,37)/b12-10+,17-11+,27-14+,31-19+,32-20-. The van der Waals surface area contributed by atoms with Gasteiger partial charge in [0.15, 0.2) is 5.82 Å². The number of hydrogen-bond donors (Lipinski definition) is 1. The average molecular weight is 502 g/mol. The summed E-state index contributed by atoms with van der Waals surface area (Å²) >= 11 is 0. The molecule has 37 heavy (non-hydrogen) atoms.